The summed E-state index contributed by atoms with van der Waals surface area (Å²) in [5, 5.41) is 3.42. The van der Waals surface area contributed by atoms with E-state index in [0.29, 0.717) is 18.1 Å². The normalized spacial score (nSPS) is 28.5. The first-order valence-electron chi connectivity index (χ1n) is 8.21. The second kappa shape index (κ2) is 6.18. The minimum atomic E-state index is -0.133. The van der Waals surface area contributed by atoms with Crippen LogP contribution in [0.1, 0.15) is 50.5 Å². The molecule has 3 heteroatoms. The topological polar surface area (TPSA) is 38.3 Å². The number of carbonyl (C=O) groups excluding carboxylic acids is 1. The summed E-state index contributed by atoms with van der Waals surface area (Å²) >= 11 is 0. The Morgan fingerprint density at radius 3 is 3.05 bits per heavy atom. The van der Waals surface area contributed by atoms with Crippen molar-refractivity contribution in [3.05, 3.63) is 29.8 Å². The maximum atomic E-state index is 12.9. The first kappa shape index (κ1) is 14.6. The lowest BCUT2D eigenvalue weighted by Crippen LogP contribution is -2.45. The average Bonchev–Trinajstić information content (AvgIpc) is 2.56. The molecule has 2 unspecified atom stereocenters. The Morgan fingerprint density at radius 2 is 2.29 bits per heavy atom. The zero-order valence-electron chi connectivity index (χ0n) is 12.9. The molecule has 1 saturated heterocycles. The molecule has 0 aliphatic carbocycles. The van der Waals surface area contributed by atoms with Gasteiger partial charge < -0.3 is 10.1 Å². The van der Waals surface area contributed by atoms with Gasteiger partial charge in [0.1, 0.15) is 11.5 Å². The van der Waals surface area contributed by atoms with Crippen LogP contribution >= 0.6 is 0 Å². The third kappa shape index (κ3) is 2.84. The number of para-hydroxylation sites is 1. The number of ether oxygens (including phenoxy) is 1. The van der Waals surface area contributed by atoms with Gasteiger partial charge in [-0.2, -0.15) is 0 Å². The van der Waals surface area contributed by atoms with Gasteiger partial charge in [-0.3, -0.25) is 4.79 Å². The zero-order valence-corrected chi connectivity index (χ0v) is 12.9. The van der Waals surface area contributed by atoms with Crippen molar-refractivity contribution >= 4 is 5.78 Å². The molecule has 0 radical (unpaired) electrons. The van der Waals surface area contributed by atoms with Crippen LogP contribution in [0.25, 0.3) is 0 Å². The van der Waals surface area contributed by atoms with Gasteiger partial charge in [-0.05, 0) is 49.8 Å². The maximum Gasteiger partial charge on any atom is 0.140 e. The molecule has 1 N–H and O–H groups in total. The summed E-state index contributed by atoms with van der Waals surface area (Å²) in [6, 6.07) is 8.18. The van der Waals surface area contributed by atoms with Gasteiger partial charge in [0.15, 0.2) is 0 Å². The number of piperidine rings is 1. The minimum absolute atomic E-state index is 0.133. The third-order valence-electron chi connectivity index (χ3n) is 5.26. The molecule has 114 valence electrons. The van der Waals surface area contributed by atoms with Crippen LogP contribution < -0.4 is 10.1 Å². The first-order chi connectivity index (χ1) is 10.2. The molecular formula is C18H25NO2. The molecule has 2 heterocycles. The minimum Gasteiger partial charge on any atom is -0.493 e. The molecule has 2 atom stereocenters. The SMILES string of the molecule is CCC1(C(=O)CC2CCOc3ccccc32)CCCNC1. The molecule has 3 rings (SSSR count). The smallest absolute Gasteiger partial charge is 0.140 e. The van der Waals surface area contributed by atoms with E-state index >= 15 is 0 Å². The van der Waals surface area contributed by atoms with E-state index < -0.39 is 0 Å². The molecule has 0 spiro atoms. The van der Waals surface area contributed by atoms with E-state index in [-0.39, 0.29) is 5.41 Å². The summed E-state index contributed by atoms with van der Waals surface area (Å²) in [5.41, 5.74) is 1.08. The van der Waals surface area contributed by atoms with Crippen molar-refractivity contribution in [2.45, 2.75) is 44.9 Å². The van der Waals surface area contributed by atoms with Crippen LogP contribution in [0.4, 0.5) is 0 Å². The molecule has 0 aromatic heterocycles. The summed E-state index contributed by atoms with van der Waals surface area (Å²) in [5.74, 6) is 1.74. The second-order valence-corrected chi connectivity index (χ2v) is 6.41. The third-order valence-corrected chi connectivity index (χ3v) is 5.26. The van der Waals surface area contributed by atoms with E-state index in [1.54, 1.807) is 0 Å². The number of Topliss-reactive ketones (excluding diaryl/α,β-unsaturated/α-hetero) is 1. The summed E-state index contributed by atoms with van der Waals surface area (Å²) in [7, 11) is 0. The van der Waals surface area contributed by atoms with Gasteiger partial charge in [-0.15, -0.1) is 0 Å². The lowest BCUT2D eigenvalue weighted by molar-refractivity contribution is -0.130. The van der Waals surface area contributed by atoms with Gasteiger partial charge >= 0.3 is 0 Å². The Morgan fingerprint density at radius 1 is 1.43 bits per heavy atom. The van der Waals surface area contributed by atoms with Crippen LogP contribution in [0.3, 0.4) is 0 Å². The summed E-state index contributed by atoms with van der Waals surface area (Å²) in [6.07, 6.45) is 4.72. The highest BCUT2D eigenvalue weighted by molar-refractivity contribution is 5.86. The van der Waals surface area contributed by atoms with E-state index in [4.69, 9.17) is 4.74 Å². The number of rotatable bonds is 4. The van der Waals surface area contributed by atoms with Crippen LogP contribution in [0, 0.1) is 5.41 Å². The van der Waals surface area contributed by atoms with Crippen molar-refractivity contribution < 1.29 is 9.53 Å². The molecule has 21 heavy (non-hydrogen) atoms. The number of benzene rings is 1. The number of ketones is 1. The van der Waals surface area contributed by atoms with Gasteiger partial charge in [-0.1, -0.05) is 25.1 Å². The van der Waals surface area contributed by atoms with Gasteiger partial charge in [-0.25, -0.2) is 0 Å². The molecule has 2 aliphatic rings. The predicted molar refractivity (Wildman–Crippen MR) is 83.7 cm³/mol. The fourth-order valence-electron chi connectivity index (χ4n) is 3.77. The van der Waals surface area contributed by atoms with Crippen molar-refractivity contribution in [2.24, 2.45) is 5.41 Å². The van der Waals surface area contributed by atoms with Gasteiger partial charge in [0.05, 0.1) is 6.61 Å². The lowest BCUT2D eigenvalue weighted by atomic mass is 9.71. The van der Waals surface area contributed by atoms with Gasteiger partial charge in [0.25, 0.3) is 0 Å². The lowest BCUT2D eigenvalue weighted by Gasteiger charge is -2.37. The number of nitrogens with one attached hydrogen (secondary N) is 1. The van der Waals surface area contributed by atoms with Crippen LogP contribution in [-0.4, -0.2) is 25.5 Å². The molecular weight excluding hydrogens is 262 g/mol. The van der Waals surface area contributed by atoms with E-state index in [0.717, 1.165) is 51.1 Å². The van der Waals surface area contributed by atoms with E-state index in [1.165, 1.54) is 5.56 Å². The van der Waals surface area contributed by atoms with E-state index in [9.17, 15) is 4.79 Å². The fourth-order valence-corrected chi connectivity index (χ4v) is 3.77. The molecule has 1 aromatic carbocycles. The quantitative estimate of drug-likeness (QED) is 0.923. The fraction of sp³-hybridized carbons (Fsp3) is 0.611. The number of hydrogen-bond donors (Lipinski definition) is 1. The average molecular weight is 287 g/mol. The largest absolute Gasteiger partial charge is 0.493 e. The Hall–Kier alpha value is -1.35. The van der Waals surface area contributed by atoms with Crippen LogP contribution in [-0.2, 0) is 4.79 Å². The Kier molecular flexibility index (Phi) is 4.29. The number of hydrogen-bond acceptors (Lipinski definition) is 3. The molecule has 0 saturated carbocycles. The predicted octanol–water partition coefficient (Wildman–Crippen LogP) is 3.29. The van der Waals surface area contributed by atoms with Crippen molar-refractivity contribution in [2.75, 3.05) is 19.7 Å². The summed E-state index contributed by atoms with van der Waals surface area (Å²) in [6.45, 7) is 4.79. The highest BCUT2D eigenvalue weighted by atomic mass is 16.5. The molecule has 1 aromatic rings. The van der Waals surface area contributed by atoms with Gasteiger partial charge in [0.2, 0.25) is 0 Å². The summed E-state index contributed by atoms with van der Waals surface area (Å²) in [4.78, 5) is 12.9. The second-order valence-electron chi connectivity index (χ2n) is 6.41. The van der Waals surface area contributed by atoms with Crippen LogP contribution in [0.5, 0.6) is 5.75 Å². The molecule has 0 amide bonds. The summed E-state index contributed by atoms with van der Waals surface area (Å²) < 4.78 is 5.71. The molecule has 0 bridgehead atoms. The number of fused-ring (bicyclic) bond motifs is 1. The highest BCUT2D eigenvalue weighted by Crippen LogP contribution is 2.40. The molecule has 2 aliphatic heterocycles. The van der Waals surface area contributed by atoms with Crippen molar-refractivity contribution in [3.63, 3.8) is 0 Å². The standard InChI is InChI=1S/C18H25NO2/c1-2-18(9-5-10-19-13-18)17(20)12-14-8-11-21-16-7-4-3-6-15(14)16/h3-4,6-7,14,19H,2,5,8-13H2,1H3. The van der Waals surface area contributed by atoms with Crippen LogP contribution in [0.2, 0.25) is 0 Å². The Balaban J connectivity index is 1.76. The monoisotopic (exact) mass is 287 g/mol. The molecule has 1 fully saturated rings. The molecule has 3 nitrogen and oxygen atoms in total. The van der Waals surface area contributed by atoms with E-state index in [1.807, 2.05) is 18.2 Å². The Bertz CT molecular complexity index is 506. The number of carbonyl (C=O) groups is 1. The van der Waals surface area contributed by atoms with Crippen LogP contribution in [0.15, 0.2) is 24.3 Å². The van der Waals surface area contributed by atoms with Crippen molar-refractivity contribution in [1.82, 2.24) is 5.32 Å². The Labute approximate surface area is 127 Å². The van der Waals surface area contributed by atoms with Gasteiger partial charge in [0, 0.05) is 18.4 Å². The maximum absolute atomic E-state index is 12.9. The highest BCUT2D eigenvalue weighted by Gasteiger charge is 2.39. The van der Waals surface area contributed by atoms with E-state index in [2.05, 4.69) is 18.3 Å². The zero-order chi connectivity index (χ0) is 14.7. The van der Waals surface area contributed by atoms with Crippen molar-refractivity contribution in [1.29, 1.82) is 0 Å². The van der Waals surface area contributed by atoms with Crippen molar-refractivity contribution in [3.8, 4) is 5.75 Å². The first-order valence-corrected chi connectivity index (χ1v) is 8.21.